The summed E-state index contributed by atoms with van der Waals surface area (Å²) in [4.78, 5) is 6.87. The van der Waals surface area contributed by atoms with Crippen molar-refractivity contribution in [1.29, 1.82) is 0 Å². The lowest BCUT2D eigenvalue weighted by molar-refractivity contribution is 0.353. The van der Waals surface area contributed by atoms with Crippen molar-refractivity contribution >= 4 is 5.82 Å². The maximum atomic E-state index is 10.4. The van der Waals surface area contributed by atoms with E-state index in [1.54, 1.807) is 0 Å². The third-order valence-electron chi connectivity index (χ3n) is 0.708. The highest BCUT2D eigenvalue weighted by Crippen LogP contribution is 2.11. The molecule has 0 aliphatic rings. The van der Waals surface area contributed by atoms with Crippen LogP contribution < -0.4 is 5.73 Å². The fourth-order valence-electron chi connectivity index (χ4n) is 0.326. The first-order valence-electron chi connectivity index (χ1n) is 2.03. The molecule has 0 spiro atoms. The minimum atomic E-state index is -0.326. The summed E-state index contributed by atoms with van der Waals surface area (Å²) in [6.07, 6.45) is 2.36. The Kier molecular flexibility index (Phi) is 0.997. The molecule has 4 heteroatoms. The third-order valence-corrected chi connectivity index (χ3v) is 0.708. The highest BCUT2D eigenvalue weighted by Gasteiger charge is 1.94. The van der Waals surface area contributed by atoms with Crippen LogP contribution in [-0.2, 0) is 5.11 Å². The second-order valence-corrected chi connectivity index (χ2v) is 1.27. The van der Waals surface area contributed by atoms with Crippen LogP contribution in [0.5, 0.6) is 5.75 Å². The Bertz CT molecular complexity index is 167. The molecule has 8 heavy (non-hydrogen) atoms. The SMILES string of the molecule is Nc1ncncc1[O]. The zero-order chi connectivity index (χ0) is 5.98. The lowest BCUT2D eigenvalue weighted by Crippen LogP contribution is -1.88. The number of aromatic nitrogens is 2. The minimum Gasteiger partial charge on any atom is -0.380 e. The van der Waals surface area contributed by atoms with Crippen molar-refractivity contribution in [2.75, 3.05) is 5.73 Å². The average Bonchev–Trinajstić information content (AvgIpc) is 1.77. The van der Waals surface area contributed by atoms with Gasteiger partial charge in [0.2, 0.25) is 5.75 Å². The van der Waals surface area contributed by atoms with Gasteiger partial charge in [0.05, 0.1) is 6.20 Å². The first-order chi connectivity index (χ1) is 3.80. The smallest absolute Gasteiger partial charge is 0.238 e. The van der Waals surface area contributed by atoms with E-state index in [1.807, 2.05) is 0 Å². The van der Waals surface area contributed by atoms with E-state index in [-0.39, 0.29) is 11.6 Å². The van der Waals surface area contributed by atoms with Gasteiger partial charge in [0.1, 0.15) is 6.33 Å². The fraction of sp³-hybridized carbons (Fsp3) is 0. The normalized spacial score (nSPS) is 9.00. The van der Waals surface area contributed by atoms with Gasteiger partial charge < -0.3 is 5.73 Å². The first kappa shape index (κ1) is 4.83. The van der Waals surface area contributed by atoms with Crippen LogP contribution in [0.4, 0.5) is 5.82 Å². The second-order valence-electron chi connectivity index (χ2n) is 1.27. The average molecular weight is 110 g/mol. The van der Waals surface area contributed by atoms with Crippen molar-refractivity contribution in [3.63, 3.8) is 0 Å². The van der Waals surface area contributed by atoms with Gasteiger partial charge in [-0.3, -0.25) is 5.11 Å². The van der Waals surface area contributed by atoms with E-state index in [4.69, 9.17) is 5.73 Å². The molecule has 0 bridgehead atoms. The first-order valence-corrected chi connectivity index (χ1v) is 2.03. The summed E-state index contributed by atoms with van der Waals surface area (Å²) in [6.45, 7) is 0. The molecule has 0 saturated carbocycles. The number of hydrogen-bond acceptors (Lipinski definition) is 3. The molecule has 1 radical (unpaired) electrons. The summed E-state index contributed by atoms with van der Waals surface area (Å²) in [5.74, 6) is -0.326. The summed E-state index contributed by atoms with van der Waals surface area (Å²) in [5, 5.41) is 10.4. The summed E-state index contributed by atoms with van der Waals surface area (Å²) in [7, 11) is 0. The molecule has 0 amide bonds. The number of hydrogen-bond donors (Lipinski definition) is 1. The van der Waals surface area contributed by atoms with E-state index in [0.717, 1.165) is 6.20 Å². The molecule has 41 valence electrons. The van der Waals surface area contributed by atoms with Gasteiger partial charge in [0.25, 0.3) is 0 Å². The molecule has 1 heterocycles. The quantitative estimate of drug-likeness (QED) is 0.518. The van der Waals surface area contributed by atoms with Gasteiger partial charge in [-0.2, -0.15) is 0 Å². The molecule has 0 saturated heterocycles. The molecule has 0 aliphatic carbocycles. The van der Waals surface area contributed by atoms with Crippen LogP contribution in [0.25, 0.3) is 0 Å². The van der Waals surface area contributed by atoms with Crippen molar-refractivity contribution in [2.24, 2.45) is 0 Å². The van der Waals surface area contributed by atoms with E-state index in [1.165, 1.54) is 6.33 Å². The van der Waals surface area contributed by atoms with Gasteiger partial charge in [-0.1, -0.05) is 0 Å². The standard InChI is InChI=1S/C4H4N3O/c5-4-3(8)1-6-2-7-4/h1-2H,(H2,5,6,7). The van der Waals surface area contributed by atoms with Crippen LogP contribution in [-0.4, -0.2) is 9.97 Å². The molecule has 0 aliphatic heterocycles. The van der Waals surface area contributed by atoms with Crippen LogP contribution in [0.2, 0.25) is 0 Å². The van der Waals surface area contributed by atoms with Crippen molar-refractivity contribution in [3.8, 4) is 5.75 Å². The van der Waals surface area contributed by atoms with Gasteiger partial charge in [-0.25, -0.2) is 9.97 Å². The van der Waals surface area contributed by atoms with Crippen LogP contribution in [0.1, 0.15) is 0 Å². The maximum Gasteiger partial charge on any atom is 0.238 e. The molecular formula is C4H4N3O. The summed E-state index contributed by atoms with van der Waals surface area (Å²) in [5.41, 5.74) is 5.06. The van der Waals surface area contributed by atoms with Gasteiger partial charge >= 0.3 is 0 Å². The van der Waals surface area contributed by atoms with Crippen molar-refractivity contribution in [2.45, 2.75) is 0 Å². The fourth-order valence-corrected chi connectivity index (χ4v) is 0.326. The van der Waals surface area contributed by atoms with Crippen molar-refractivity contribution < 1.29 is 5.11 Å². The topological polar surface area (TPSA) is 71.7 Å². The molecule has 1 aromatic rings. The van der Waals surface area contributed by atoms with Crippen LogP contribution in [0.15, 0.2) is 12.5 Å². The van der Waals surface area contributed by atoms with Crippen LogP contribution >= 0.6 is 0 Å². The van der Waals surface area contributed by atoms with E-state index < -0.39 is 0 Å². The third kappa shape index (κ3) is 0.676. The second kappa shape index (κ2) is 1.65. The molecule has 0 unspecified atom stereocenters. The molecule has 1 aromatic heterocycles. The number of rotatable bonds is 0. The lowest BCUT2D eigenvalue weighted by atomic mass is 10.5. The lowest BCUT2D eigenvalue weighted by Gasteiger charge is -1.87. The predicted molar refractivity (Wildman–Crippen MR) is 26.6 cm³/mol. The molecular weight excluding hydrogens is 106 g/mol. The number of nitrogens with zero attached hydrogens (tertiary/aromatic N) is 2. The molecule has 0 aromatic carbocycles. The number of nitrogens with two attached hydrogens (primary N) is 1. The van der Waals surface area contributed by atoms with E-state index in [9.17, 15) is 5.11 Å². The zero-order valence-corrected chi connectivity index (χ0v) is 4.03. The molecule has 0 atom stereocenters. The Balaban J connectivity index is 3.13. The molecule has 4 nitrogen and oxygen atoms in total. The summed E-state index contributed by atoms with van der Waals surface area (Å²) >= 11 is 0. The maximum absolute atomic E-state index is 10.4. The van der Waals surface area contributed by atoms with Gasteiger partial charge in [-0.15, -0.1) is 0 Å². The highest BCUT2D eigenvalue weighted by atomic mass is 16.3. The largest absolute Gasteiger partial charge is 0.380 e. The number of nitrogen functional groups attached to an aromatic ring is 1. The van der Waals surface area contributed by atoms with E-state index in [0.29, 0.717) is 0 Å². The van der Waals surface area contributed by atoms with Gasteiger partial charge in [-0.05, 0) is 0 Å². The van der Waals surface area contributed by atoms with E-state index in [2.05, 4.69) is 9.97 Å². The Labute approximate surface area is 46.0 Å². The predicted octanol–water partition coefficient (Wildman–Crippen LogP) is 0.203. The Morgan fingerprint density at radius 3 is 2.75 bits per heavy atom. The minimum absolute atomic E-state index is 0.000000000000000444. The van der Waals surface area contributed by atoms with Gasteiger partial charge in [0.15, 0.2) is 5.82 Å². The van der Waals surface area contributed by atoms with Crippen molar-refractivity contribution in [3.05, 3.63) is 12.5 Å². The van der Waals surface area contributed by atoms with Crippen molar-refractivity contribution in [1.82, 2.24) is 9.97 Å². The Hall–Kier alpha value is -1.32. The van der Waals surface area contributed by atoms with E-state index >= 15 is 0 Å². The molecule has 1 rings (SSSR count). The van der Waals surface area contributed by atoms with Crippen LogP contribution in [0.3, 0.4) is 0 Å². The zero-order valence-electron chi connectivity index (χ0n) is 4.03. The van der Waals surface area contributed by atoms with Gasteiger partial charge in [0, 0.05) is 0 Å². The summed E-state index contributed by atoms with van der Waals surface area (Å²) in [6, 6.07) is 0. The van der Waals surface area contributed by atoms with Crippen LogP contribution in [0, 0.1) is 0 Å². The molecule has 0 fully saturated rings. The molecule has 2 N–H and O–H groups in total. The highest BCUT2D eigenvalue weighted by molar-refractivity contribution is 5.40. The monoisotopic (exact) mass is 110 g/mol. The number of anilines is 1. The Morgan fingerprint density at radius 2 is 2.38 bits per heavy atom. The Morgan fingerprint density at radius 1 is 1.62 bits per heavy atom. The summed E-state index contributed by atoms with van der Waals surface area (Å²) < 4.78 is 0.